The summed E-state index contributed by atoms with van der Waals surface area (Å²) in [4.78, 5) is 12.2. The third kappa shape index (κ3) is 6.33. The third-order valence-corrected chi connectivity index (χ3v) is 4.79. The van der Waals surface area contributed by atoms with Crippen LogP contribution in [0, 0.1) is 6.92 Å². The van der Waals surface area contributed by atoms with E-state index in [1.807, 2.05) is 19.1 Å². The van der Waals surface area contributed by atoms with Crippen LogP contribution in [0.1, 0.15) is 29.8 Å². The lowest BCUT2D eigenvalue weighted by molar-refractivity contribution is 0.0946. The summed E-state index contributed by atoms with van der Waals surface area (Å²) in [6.45, 7) is 5.78. The summed E-state index contributed by atoms with van der Waals surface area (Å²) in [5, 5.41) is 2.69. The smallest absolute Gasteiger partial charge is 0.261 e. The van der Waals surface area contributed by atoms with Crippen molar-refractivity contribution in [2.75, 3.05) is 11.3 Å². The molecule has 8 heteroatoms. The van der Waals surface area contributed by atoms with Gasteiger partial charge in [0.15, 0.2) is 0 Å². The Kier molecular flexibility index (Phi) is 7.20. The summed E-state index contributed by atoms with van der Waals surface area (Å²) in [6, 6.07) is 12.9. The number of carbonyl (C=O) groups excluding carboxylic acids is 1. The fraction of sp³-hybridized carbons (Fsp3) is 0.278. The molecule has 0 bridgehead atoms. The van der Waals surface area contributed by atoms with Crippen LogP contribution >= 0.6 is 12.4 Å². The lowest BCUT2D eigenvalue weighted by Crippen LogP contribution is -2.45. The molecule has 0 aromatic heterocycles. The summed E-state index contributed by atoms with van der Waals surface area (Å²) < 4.78 is 27.5. The van der Waals surface area contributed by atoms with Gasteiger partial charge in [0.25, 0.3) is 15.9 Å². The molecule has 0 spiro atoms. The van der Waals surface area contributed by atoms with E-state index in [1.165, 1.54) is 18.2 Å². The van der Waals surface area contributed by atoms with Crippen molar-refractivity contribution in [3.63, 3.8) is 0 Å². The quantitative estimate of drug-likeness (QED) is 0.697. The maximum absolute atomic E-state index is 12.5. The number of nitrogens with one attached hydrogen (secondary N) is 2. The fourth-order valence-corrected chi connectivity index (χ4v) is 3.15. The van der Waals surface area contributed by atoms with Crippen molar-refractivity contribution in [1.82, 2.24) is 5.32 Å². The minimum Gasteiger partial charge on any atom is -0.350 e. The van der Waals surface area contributed by atoms with E-state index in [0.717, 1.165) is 5.56 Å². The van der Waals surface area contributed by atoms with Gasteiger partial charge in [-0.1, -0.05) is 23.8 Å². The normalized spacial score (nSPS) is 11.4. The highest BCUT2D eigenvalue weighted by atomic mass is 35.5. The molecular weight excluding hydrogens is 374 g/mol. The Bertz CT molecular complexity index is 860. The molecule has 2 aromatic rings. The average Bonchev–Trinajstić information content (AvgIpc) is 2.54. The molecule has 0 aliphatic rings. The molecule has 2 rings (SSSR count). The zero-order valence-electron chi connectivity index (χ0n) is 14.9. The third-order valence-electron chi connectivity index (χ3n) is 3.41. The Morgan fingerprint density at radius 3 is 2.31 bits per heavy atom. The number of carbonyl (C=O) groups is 1. The first-order valence-electron chi connectivity index (χ1n) is 7.83. The van der Waals surface area contributed by atoms with Crippen LogP contribution < -0.4 is 15.8 Å². The lowest BCUT2D eigenvalue weighted by Gasteiger charge is -2.19. The topological polar surface area (TPSA) is 101 Å². The van der Waals surface area contributed by atoms with Crippen molar-refractivity contribution in [3.05, 3.63) is 59.7 Å². The highest BCUT2D eigenvalue weighted by Gasteiger charge is 2.18. The van der Waals surface area contributed by atoms with Crippen LogP contribution in [0.4, 0.5) is 5.69 Å². The van der Waals surface area contributed by atoms with Crippen molar-refractivity contribution in [2.24, 2.45) is 5.73 Å². The largest absolute Gasteiger partial charge is 0.350 e. The molecule has 2 aromatic carbocycles. The van der Waals surface area contributed by atoms with E-state index in [-0.39, 0.29) is 35.3 Å². The van der Waals surface area contributed by atoms with E-state index in [9.17, 15) is 13.2 Å². The molecule has 1 amide bonds. The number of nitrogens with two attached hydrogens (primary N) is 1. The number of halogens is 1. The predicted octanol–water partition coefficient (Wildman–Crippen LogP) is 2.68. The number of hydrogen-bond acceptors (Lipinski definition) is 4. The molecule has 0 heterocycles. The van der Waals surface area contributed by atoms with E-state index in [2.05, 4.69) is 10.0 Å². The highest BCUT2D eigenvalue weighted by molar-refractivity contribution is 7.92. The van der Waals surface area contributed by atoms with Crippen molar-refractivity contribution in [2.45, 2.75) is 31.2 Å². The van der Waals surface area contributed by atoms with Crippen molar-refractivity contribution < 1.29 is 13.2 Å². The molecule has 26 heavy (non-hydrogen) atoms. The molecule has 0 saturated carbocycles. The molecular formula is C18H24ClN3O3S. The van der Waals surface area contributed by atoms with Crippen LogP contribution in [0.2, 0.25) is 0 Å². The van der Waals surface area contributed by atoms with E-state index >= 15 is 0 Å². The Balaban J connectivity index is 0.00000338. The van der Waals surface area contributed by atoms with E-state index in [1.54, 1.807) is 32.0 Å². The molecule has 0 saturated heterocycles. The Labute approximate surface area is 160 Å². The number of amides is 1. The van der Waals surface area contributed by atoms with E-state index in [0.29, 0.717) is 5.69 Å². The van der Waals surface area contributed by atoms with Crippen LogP contribution in [0.5, 0.6) is 0 Å². The predicted molar refractivity (Wildman–Crippen MR) is 106 cm³/mol. The van der Waals surface area contributed by atoms with Crippen molar-refractivity contribution in [1.29, 1.82) is 0 Å². The molecule has 4 N–H and O–H groups in total. The Hall–Kier alpha value is -2.09. The summed E-state index contributed by atoms with van der Waals surface area (Å²) in [7, 11) is -3.78. The van der Waals surface area contributed by atoms with Gasteiger partial charge in [-0.2, -0.15) is 0 Å². The first kappa shape index (κ1) is 22.0. The van der Waals surface area contributed by atoms with Gasteiger partial charge in [0.1, 0.15) is 0 Å². The SMILES string of the molecule is Cc1ccc(NS(=O)(=O)c2cccc(C(=O)NCC(C)(C)N)c2)cc1.Cl. The maximum Gasteiger partial charge on any atom is 0.261 e. The van der Waals surface area contributed by atoms with Crippen LogP contribution in [0.15, 0.2) is 53.4 Å². The first-order chi connectivity index (χ1) is 11.6. The molecule has 0 fully saturated rings. The standard InChI is InChI=1S/C18H23N3O3S.ClH/c1-13-7-9-15(10-8-13)21-25(23,24)16-6-4-5-14(11-16)17(22)20-12-18(2,3)19;/h4-11,21H,12,19H2,1-3H3,(H,20,22);1H. The molecule has 0 aliphatic heterocycles. The van der Waals surface area contributed by atoms with Gasteiger partial charge in [-0.3, -0.25) is 9.52 Å². The van der Waals surface area contributed by atoms with Crippen molar-refractivity contribution >= 4 is 34.0 Å². The van der Waals surface area contributed by atoms with Crippen LogP contribution in [-0.2, 0) is 10.0 Å². The number of sulfonamides is 1. The Morgan fingerprint density at radius 1 is 1.12 bits per heavy atom. The van der Waals surface area contributed by atoms with E-state index < -0.39 is 15.6 Å². The van der Waals surface area contributed by atoms with Crippen molar-refractivity contribution in [3.8, 4) is 0 Å². The first-order valence-corrected chi connectivity index (χ1v) is 9.32. The van der Waals surface area contributed by atoms with Gasteiger partial charge in [-0.15, -0.1) is 12.4 Å². The molecule has 0 atom stereocenters. The number of benzene rings is 2. The number of rotatable bonds is 6. The van der Waals surface area contributed by atoms with Gasteiger partial charge in [-0.05, 0) is 51.1 Å². The molecule has 0 unspecified atom stereocenters. The second kappa shape index (κ2) is 8.53. The minimum absolute atomic E-state index is 0. The molecule has 0 aliphatic carbocycles. The second-order valence-electron chi connectivity index (χ2n) is 6.67. The number of hydrogen-bond donors (Lipinski definition) is 3. The zero-order valence-corrected chi connectivity index (χ0v) is 16.6. The summed E-state index contributed by atoms with van der Waals surface area (Å²) in [6.07, 6.45) is 0. The second-order valence-corrected chi connectivity index (χ2v) is 8.35. The van der Waals surface area contributed by atoms with E-state index in [4.69, 9.17) is 5.73 Å². The number of aryl methyl sites for hydroxylation is 1. The van der Waals surface area contributed by atoms with Gasteiger partial charge in [0, 0.05) is 23.3 Å². The zero-order chi connectivity index (χ0) is 18.7. The monoisotopic (exact) mass is 397 g/mol. The van der Waals surface area contributed by atoms with Gasteiger partial charge in [0.05, 0.1) is 4.90 Å². The Morgan fingerprint density at radius 2 is 1.73 bits per heavy atom. The summed E-state index contributed by atoms with van der Waals surface area (Å²) in [5.74, 6) is -0.370. The summed E-state index contributed by atoms with van der Waals surface area (Å²) >= 11 is 0. The van der Waals surface area contributed by atoms with Crippen LogP contribution in [0.25, 0.3) is 0 Å². The molecule has 0 radical (unpaired) electrons. The highest BCUT2D eigenvalue weighted by Crippen LogP contribution is 2.17. The van der Waals surface area contributed by atoms with Gasteiger partial charge in [0.2, 0.25) is 0 Å². The number of anilines is 1. The molecule has 142 valence electrons. The average molecular weight is 398 g/mol. The van der Waals surface area contributed by atoms with Crippen LogP contribution in [0.3, 0.4) is 0 Å². The molecule has 6 nitrogen and oxygen atoms in total. The van der Waals surface area contributed by atoms with Crippen LogP contribution in [-0.4, -0.2) is 26.4 Å². The maximum atomic E-state index is 12.5. The minimum atomic E-state index is -3.78. The van der Waals surface area contributed by atoms with Gasteiger partial charge in [-0.25, -0.2) is 8.42 Å². The van der Waals surface area contributed by atoms with Gasteiger partial charge < -0.3 is 11.1 Å². The van der Waals surface area contributed by atoms with Gasteiger partial charge >= 0.3 is 0 Å². The fourth-order valence-electron chi connectivity index (χ4n) is 2.05. The lowest BCUT2D eigenvalue weighted by atomic mass is 10.1. The summed E-state index contributed by atoms with van der Waals surface area (Å²) in [5.41, 5.74) is 7.04.